The van der Waals surface area contributed by atoms with Crippen LogP contribution in [0.25, 0.3) is 16.6 Å². The zero-order valence-corrected chi connectivity index (χ0v) is 22.5. The summed E-state index contributed by atoms with van der Waals surface area (Å²) in [5.41, 5.74) is 6.23. The lowest BCUT2D eigenvalue weighted by atomic mass is 9.87. The third-order valence-electron chi connectivity index (χ3n) is 8.17. The minimum Gasteiger partial charge on any atom is -0.492 e. The molecule has 0 spiro atoms. The number of piperazine rings is 1. The average Bonchev–Trinajstić information content (AvgIpc) is 3.60. The van der Waals surface area contributed by atoms with Crippen LogP contribution in [0.1, 0.15) is 36.1 Å². The molecule has 8 rings (SSSR count). The number of alkyl halides is 1. The minimum atomic E-state index is -0.326. The van der Waals surface area contributed by atoms with E-state index < -0.39 is 0 Å². The molecule has 9 nitrogen and oxygen atoms in total. The van der Waals surface area contributed by atoms with Crippen molar-refractivity contribution in [2.24, 2.45) is 4.99 Å². The number of hydrogen-bond donors (Lipinski definition) is 0. The fourth-order valence-corrected chi connectivity index (χ4v) is 6.09. The van der Waals surface area contributed by atoms with E-state index in [0.717, 1.165) is 53.4 Å². The van der Waals surface area contributed by atoms with Crippen LogP contribution in [0.2, 0.25) is 0 Å². The van der Waals surface area contributed by atoms with Crippen LogP contribution in [-0.4, -0.2) is 76.3 Å². The summed E-state index contributed by atoms with van der Waals surface area (Å²) in [5.74, 6) is 2.36. The highest BCUT2D eigenvalue weighted by atomic mass is 19.1. The number of halogens is 1. The van der Waals surface area contributed by atoms with Crippen molar-refractivity contribution in [1.82, 2.24) is 24.5 Å². The predicted molar refractivity (Wildman–Crippen MR) is 151 cm³/mol. The zero-order chi connectivity index (χ0) is 27.1. The summed E-state index contributed by atoms with van der Waals surface area (Å²) < 4.78 is 25.6. The maximum Gasteiger partial charge on any atom is 0.212 e. The molecule has 2 atom stereocenters. The van der Waals surface area contributed by atoms with Gasteiger partial charge in [0.15, 0.2) is 0 Å². The molecule has 3 fully saturated rings. The molecular formula is C30H32FN7O2. The maximum absolute atomic E-state index is 12.5. The van der Waals surface area contributed by atoms with Gasteiger partial charge in [-0.2, -0.15) is 5.10 Å². The summed E-state index contributed by atoms with van der Waals surface area (Å²) in [6.45, 7) is 3.57. The maximum atomic E-state index is 12.5. The van der Waals surface area contributed by atoms with Crippen molar-refractivity contribution in [3.05, 3.63) is 65.7 Å². The Bertz CT molecular complexity index is 1520. The Morgan fingerprint density at radius 3 is 2.70 bits per heavy atom. The van der Waals surface area contributed by atoms with Crippen LogP contribution >= 0.6 is 0 Å². The van der Waals surface area contributed by atoms with Crippen molar-refractivity contribution in [2.45, 2.75) is 44.4 Å². The molecule has 10 heteroatoms. The van der Waals surface area contributed by atoms with E-state index in [4.69, 9.17) is 19.6 Å². The molecule has 206 valence electrons. The van der Waals surface area contributed by atoms with E-state index in [1.54, 1.807) is 7.11 Å². The lowest BCUT2D eigenvalue weighted by Gasteiger charge is -2.56. The zero-order valence-electron chi connectivity index (χ0n) is 22.5. The van der Waals surface area contributed by atoms with E-state index in [-0.39, 0.29) is 6.67 Å². The molecule has 2 unspecified atom stereocenters. The Morgan fingerprint density at radius 2 is 1.95 bits per heavy atom. The first kappa shape index (κ1) is 25.0. The lowest BCUT2D eigenvalue weighted by molar-refractivity contribution is -0.00876. The van der Waals surface area contributed by atoms with Crippen LogP contribution in [0, 0.1) is 0 Å². The number of anilines is 1. The van der Waals surface area contributed by atoms with Crippen molar-refractivity contribution in [3.8, 4) is 22.8 Å². The van der Waals surface area contributed by atoms with Gasteiger partial charge in [-0.15, -0.1) is 0 Å². The SMILES string of the molecule is COc1ccc(CN2C3CC2CN(c2ccc(-c4cc(OCCCCF)cn5nc6c(c45)C=NC6)cn2)C3)cn1. The Morgan fingerprint density at radius 1 is 1.05 bits per heavy atom. The molecule has 0 N–H and O–H groups in total. The largest absolute Gasteiger partial charge is 0.492 e. The van der Waals surface area contributed by atoms with E-state index in [0.29, 0.717) is 49.7 Å². The van der Waals surface area contributed by atoms with E-state index in [1.807, 2.05) is 41.5 Å². The lowest BCUT2D eigenvalue weighted by Crippen LogP contribution is -2.68. The molecule has 8 heterocycles. The van der Waals surface area contributed by atoms with Crippen molar-refractivity contribution >= 4 is 17.5 Å². The van der Waals surface area contributed by atoms with E-state index in [2.05, 4.69) is 38.0 Å². The van der Waals surface area contributed by atoms with Crippen LogP contribution < -0.4 is 14.4 Å². The first-order valence-corrected chi connectivity index (χ1v) is 13.9. The van der Waals surface area contributed by atoms with Crippen molar-refractivity contribution < 1.29 is 13.9 Å². The second kappa shape index (κ2) is 10.5. The van der Waals surface area contributed by atoms with Crippen molar-refractivity contribution in [1.29, 1.82) is 0 Å². The van der Waals surface area contributed by atoms with Gasteiger partial charge in [0, 0.05) is 73.1 Å². The minimum absolute atomic E-state index is 0.326. The van der Waals surface area contributed by atoms with E-state index in [1.165, 1.54) is 12.0 Å². The quantitative estimate of drug-likeness (QED) is 0.277. The number of aliphatic imine (C=N–C) groups is 1. The van der Waals surface area contributed by atoms with Gasteiger partial charge in [-0.3, -0.25) is 14.3 Å². The predicted octanol–water partition coefficient (Wildman–Crippen LogP) is 4.32. The molecule has 4 aromatic rings. The second-order valence-electron chi connectivity index (χ2n) is 10.7. The molecule has 0 aliphatic carbocycles. The third-order valence-corrected chi connectivity index (χ3v) is 8.17. The number of rotatable bonds is 10. The fourth-order valence-electron chi connectivity index (χ4n) is 6.09. The molecule has 3 saturated heterocycles. The van der Waals surface area contributed by atoms with Crippen LogP contribution in [0.15, 0.2) is 53.9 Å². The molecule has 0 amide bonds. The van der Waals surface area contributed by atoms with Gasteiger partial charge >= 0.3 is 0 Å². The van der Waals surface area contributed by atoms with E-state index >= 15 is 0 Å². The summed E-state index contributed by atoms with van der Waals surface area (Å²) >= 11 is 0. The molecule has 2 bridgehead atoms. The number of hydrogen-bond acceptors (Lipinski definition) is 8. The molecule has 0 aromatic carbocycles. The highest BCUT2D eigenvalue weighted by molar-refractivity contribution is 5.99. The van der Waals surface area contributed by atoms with Gasteiger partial charge in [-0.1, -0.05) is 6.07 Å². The Balaban J connectivity index is 1.08. The first-order valence-electron chi connectivity index (χ1n) is 13.9. The number of fused-ring (bicyclic) bond motifs is 5. The van der Waals surface area contributed by atoms with Crippen LogP contribution in [0.5, 0.6) is 11.6 Å². The number of pyridine rings is 3. The molecule has 0 radical (unpaired) electrons. The molecular weight excluding hydrogens is 509 g/mol. The average molecular weight is 542 g/mol. The Labute approximate surface area is 232 Å². The van der Waals surface area contributed by atoms with Gasteiger partial charge < -0.3 is 14.4 Å². The summed E-state index contributed by atoms with van der Waals surface area (Å²) in [4.78, 5) is 18.6. The number of piperidine rings is 1. The van der Waals surface area contributed by atoms with Gasteiger partial charge in [0.2, 0.25) is 5.88 Å². The van der Waals surface area contributed by atoms with Crippen molar-refractivity contribution in [3.63, 3.8) is 0 Å². The van der Waals surface area contributed by atoms with Gasteiger partial charge in [0.1, 0.15) is 11.6 Å². The molecule has 4 aliphatic rings. The normalized spacial score (nSPS) is 19.6. The van der Waals surface area contributed by atoms with Crippen LogP contribution in [0.3, 0.4) is 0 Å². The number of ether oxygens (including phenoxy) is 2. The van der Waals surface area contributed by atoms with Gasteiger partial charge in [0.05, 0.1) is 44.3 Å². The van der Waals surface area contributed by atoms with Crippen LogP contribution in [0.4, 0.5) is 10.2 Å². The molecule has 40 heavy (non-hydrogen) atoms. The standard InChI is InChI=1S/C30H32FN7O2/c1-39-29-7-4-20(12-34-29)16-37-22-10-23(37)18-36(17-22)28-6-5-21(13-33-28)25-11-24(40-9-3-2-8-31)19-38-30(25)26-14-32-15-27(26)35-38/h4-7,11-14,19,22-23H,2-3,8-10,15-18H2,1H3. The summed E-state index contributed by atoms with van der Waals surface area (Å²) in [5, 5.41) is 4.74. The monoisotopic (exact) mass is 541 g/mol. The third kappa shape index (κ3) is 4.56. The number of methoxy groups -OCH3 is 1. The van der Waals surface area contributed by atoms with E-state index in [9.17, 15) is 4.39 Å². The molecule has 4 aliphatic heterocycles. The van der Waals surface area contributed by atoms with Gasteiger partial charge in [0.25, 0.3) is 0 Å². The fraction of sp³-hybridized carbons (Fsp3) is 0.400. The number of aromatic nitrogens is 4. The highest BCUT2D eigenvalue weighted by Gasteiger charge is 2.44. The topological polar surface area (TPSA) is 80.4 Å². The summed E-state index contributed by atoms with van der Waals surface area (Å²) in [6.07, 6.45) is 10.1. The van der Waals surface area contributed by atoms with Crippen LogP contribution in [-0.2, 0) is 13.1 Å². The van der Waals surface area contributed by atoms with Crippen molar-refractivity contribution in [2.75, 3.05) is 38.4 Å². The first-order chi connectivity index (χ1) is 19.7. The highest BCUT2D eigenvalue weighted by Crippen LogP contribution is 2.37. The smallest absolute Gasteiger partial charge is 0.212 e. The molecule has 0 saturated carbocycles. The van der Waals surface area contributed by atoms with Gasteiger partial charge in [-0.25, -0.2) is 14.5 Å². The Kier molecular flexibility index (Phi) is 6.55. The Hall–Kier alpha value is -4.05. The second-order valence-corrected chi connectivity index (χ2v) is 10.7. The summed E-state index contributed by atoms with van der Waals surface area (Å²) in [7, 11) is 1.64. The number of unbranched alkanes of at least 4 members (excludes halogenated alkanes) is 1. The molecule has 4 aromatic heterocycles. The number of nitrogens with zero attached hydrogens (tertiary/aromatic N) is 7. The summed E-state index contributed by atoms with van der Waals surface area (Å²) in [6, 6.07) is 11.3. The van der Waals surface area contributed by atoms with Gasteiger partial charge in [-0.05, 0) is 43.0 Å².